The van der Waals surface area contributed by atoms with Crippen LogP contribution in [0.2, 0.25) is 0 Å². The van der Waals surface area contributed by atoms with Crippen LogP contribution in [0.3, 0.4) is 0 Å². The van der Waals surface area contributed by atoms with Gasteiger partial charge in [-0.3, -0.25) is 4.79 Å². The SMILES string of the molecule is Cc1cc(CC(=O)NC2CCC(n3cccc4ccnc3-4)CC2)on1. The van der Waals surface area contributed by atoms with E-state index in [-0.39, 0.29) is 18.4 Å². The van der Waals surface area contributed by atoms with Crippen molar-refractivity contribution in [2.75, 3.05) is 0 Å². The summed E-state index contributed by atoms with van der Waals surface area (Å²) in [5, 5.41) is 6.95. The molecule has 1 aromatic rings. The summed E-state index contributed by atoms with van der Waals surface area (Å²) in [6.45, 7) is 1.85. The van der Waals surface area contributed by atoms with Gasteiger partial charge in [0.2, 0.25) is 5.91 Å². The Balaban J connectivity index is 1.32. The van der Waals surface area contributed by atoms with Crippen molar-refractivity contribution in [1.29, 1.82) is 0 Å². The first-order valence-electron chi connectivity index (χ1n) is 8.82. The van der Waals surface area contributed by atoms with E-state index in [2.05, 4.69) is 38.4 Å². The van der Waals surface area contributed by atoms with Gasteiger partial charge in [-0.2, -0.15) is 0 Å². The van der Waals surface area contributed by atoms with Crippen LogP contribution in [0.5, 0.6) is 0 Å². The number of hydrogen-bond acceptors (Lipinski definition) is 4. The molecule has 0 saturated heterocycles. The molecule has 1 N–H and O–H groups in total. The average molecular weight is 338 g/mol. The van der Waals surface area contributed by atoms with Crippen LogP contribution in [0.25, 0.3) is 11.4 Å². The van der Waals surface area contributed by atoms with E-state index < -0.39 is 0 Å². The lowest BCUT2D eigenvalue weighted by Crippen LogP contribution is -2.38. The maximum Gasteiger partial charge on any atom is 0.227 e. The number of fused-ring (bicyclic) bond motifs is 1. The van der Waals surface area contributed by atoms with E-state index in [9.17, 15) is 4.79 Å². The molecular formula is C19H22N4O2. The minimum atomic E-state index is 0.00653. The molecule has 1 saturated carbocycles. The first-order chi connectivity index (χ1) is 12.2. The molecule has 0 radical (unpaired) electrons. The first kappa shape index (κ1) is 15.9. The van der Waals surface area contributed by atoms with Crippen molar-refractivity contribution in [1.82, 2.24) is 20.0 Å². The van der Waals surface area contributed by atoms with E-state index in [1.54, 1.807) is 6.07 Å². The van der Waals surface area contributed by atoms with Crippen LogP contribution in [0, 0.1) is 6.92 Å². The molecule has 1 fully saturated rings. The highest BCUT2D eigenvalue weighted by Gasteiger charge is 2.25. The molecular weight excluding hydrogens is 316 g/mol. The van der Waals surface area contributed by atoms with Crippen LogP contribution in [-0.2, 0) is 11.2 Å². The Morgan fingerprint density at radius 2 is 2.16 bits per heavy atom. The summed E-state index contributed by atoms with van der Waals surface area (Å²) >= 11 is 0. The Bertz CT molecular complexity index is 830. The molecule has 6 heteroatoms. The molecule has 4 rings (SSSR count). The van der Waals surface area contributed by atoms with Crippen molar-refractivity contribution in [3.8, 4) is 11.4 Å². The molecule has 0 atom stereocenters. The van der Waals surface area contributed by atoms with E-state index in [0.717, 1.165) is 37.2 Å². The van der Waals surface area contributed by atoms with E-state index in [1.165, 1.54) is 5.56 Å². The summed E-state index contributed by atoms with van der Waals surface area (Å²) in [7, 11) is 0. The third-order valence-electron chi connectivity index (χ3n) is 4.94. The Kier molecular flexibility index (Phi) is 4.26. The number of hydrogen-bond donors (Lipinski definition) is 1. The second-order valence-electron chi connectivity index (χ2n) is 6.82. The summed E-state index contributed by atoms with van der Waals surface area (Å²) in [4.78, 5) is 16.7. The molecule has 25 heavy (non-hydrogen) atoms. The van der Waals surface area contributed by atoms with Crippen LogP contribution in [0.15, 0.2) is 41.2 Å². The highest BCUT2D eigenvalue weighted by molar-refractivity contribution is 5.78. The van der Waals surface area contributed by atoms with Crippen LogP contribution in [0.4, 0.5) is 0 Å². The predicted molar refractivity (Wildman–Crippen MR) is 93.2 cm³/mol. The average Bonchev–Trinajstić information content (AvgIpc) is 3.24. The molecule has 3 heterocycles. The van der Waals surface area contributed by atoms with Crippen LogP contribution in [0.1, 0.15) is 43.2 Å². The normalized spacial score (nSPS) is 20.7. The molecule has 1 aromatic heterocycles. The van der Waals surface area contributed by atoms with E-state index in [0.29, 0.717) is 11.8 Å². The van der Waals surface area contributed by atoms with Gasteiger partial charge in [0.05, 0.1) is 12.1 Å². The lowest BCUT2D eigenvalue weighted by atomic mass is 9.90. The number of rotatable bonds is 4. The Morgan fingerprint density at radius 1 is 1.32 bits per heavy atom. The number of pyridine rings is 1. The monoisotopic (exact) mass is 338 g/mol. The number of nitrogens with zero attached hydrogens (tertiary/aromatic N) is 3. The lowest BCUT2D eigenvalue weighted by molar-refractivity contribution is -0.121. The molecule has 6 nitrogen and oxygen atoms in total. The molecule has 0 spiro atoms. The number of nitrogens with one attached hydrogen (secondary N) is 1. The van der Waals surface area contributed by atoms with E-state index in [1.807, 2.05) is 19.2 Å². The van der Waals surface area contributed by atoms with Gasteiger partial charge < -0.3 is 14.4 Å². The smallest absolute Gasteiger partial charge is 0.227 e. The molecule has 0 unspecified atom stereocenters. The van der Waals surface area contributed by atoms with Gasteiger partial charge in [-0.25, -0.2) is 4.98 Å². The second kappa shape index (κ2) is 6.70. The summed E-state index contributed by atoms with van der Waals surface area (Å²) < 4.78 is 7.39. The summed E-state index contributed by atoms with van der Waals surface area (Å²) in [6, 6.07) is 8.71. The van der Waals surface area contributed by atoms with Gasteiger partial charge in [0.25, 0.3) is 0 Å². The first-order valence-corrected chi connectivity index (χ1v) is 8.82. The van der Waals surface area contributed by atoms with Gasteiger partial charge in [-0.1, -0.05) is 5.16 Å². The molecule has 0 bridgehead atoms. The van der Waals surface area contributed by atoms with E-state index in [4.69, 9.17) is 4.52 Å². The fourth-order valence-electron chi connectivity index (χ4n) is 3.72. The quantitative estimate of drug-likeness (QED) is 0.793. The molecule has 3 aliphatic rings. The van der Waals surface area contributed by atoms with Gasteiger partial charge >= 0.3 is 0 Å². The maximum atomic E-state index is 12.2. The molecule has 1 aliphatic carbocycles. The Labute approximate surface area is 146 Å². The van der Waals surface area contributed by atoms with Gasteiger partial charge in [-0.15, -0.1) is 0 Å². The minimum absolute atomic E-state index is 0.00653. The number of carbonyl (C=O) groups excluding carboxylic acids is 1. The van der Waals surface area contributed by atoms with Gasteiger partial charge in [0, 0.05) is 36.1 Å². The fourth-order valence-corrected chi connectivity index (χ4v) is 3.72. The third kappa shape index (κ3) is 3.43. The van der Waals surface area contributed by atoms with Gasteiger partial charge in [0.15, 0.2) is 0 Å². The van der Waals surface area contributed by atoms with Crippen LogP contribution < -0.4 is 5.32 Å². The molecule has 0 aromatic carbocycles. The van der Waals surface area contributed by atoms with Crippen molar-refractivity contribution in [3.63, 3.8) is 0 Å². The highest BCUT2D eigenvalue weighted by Crippen LogP contribution is 2.32. The van der Waals surface area contributed by atoms with Gasteiger partial charge in [-0.05, 0) is 50.8 Å². The largest absolute Gasteiger partial charge is 0.361 e. The van der Waals surface area contributed by atoms with Crippen molar-refractivity contribution in [3.05, 3.63) is 48.1 Å². The second-order valence-corrected chi connectivity index (χ2v) is 6.82. The number of aryl methyl sites for hydroxylation is 1. The molecule has 2 aliphatic heterocycles. The number of carbonyl (C=O) groups is 1. The summed E-state index contributed by atoms with van der Waals surface area (Å²) in [5.41, 5.74) is 1.98. The standard InChI is InChI=1S/C19H22N4O2/c1-13-11-17(25-22-13)12-18(24)21-15-4-6-16(7-5-15)23-10-2-3-14-8-9-20-19(14)23/h2-3,8-11,15-16H,4-7,12H2,1H3,(H,21,24). The van der Waals surface area contributed by atoms with Crippen LogP contribution in [-0.4, -0.2) is 26.7 Å². The summed E-state index contributed by atoms with van der Waals surface area (Å²) in [6.07, 6.45) is 8.29. The highest BCUT2D eigenvalue weighted by atomic mass is 16.5. The topological polar surface area (TPSA) is 73.0 Å². The molecule has 130 valence electrons. The molecule has 1 amide bonds. The predicted octanol–water partition coefficient (Wildman–Crippen LogP) is 3.13. The minimum Gasteiger partial charge on any atom is -0.361 e. The zero-order valence-corrected chi connectivity index (χ0v) is 14.3. The number of aromatic nitrogens is 3. The van der Waals surface area contributed by atoms with E-state index >= 15 is 0 Å². The Hall–Kier alpha value is -2.63. The van der Waals surface area contributed by atoms with Crippen molar-refractivity contribution >= 4 is 5.91 Å². The van der Waals surface area contributed by atoms with Crippen molar-refractivity contribution in [2.24, 2.45) is 0 Å². The Morgan fingerprint density at radius 3 is 2.92 bits per heavy atom. The zero-order chi connectivity index (χ0) is 17.2. The van der Waals surface area contributed by atoms with Crippen molar-refractivity contribution in [2.45, 2.75) is 51.1 Å². The number of amides is 1. The third-order valence-corrected chi connectivity index (χ3v) is 4.94. The zero-order valence-electron chi connectivity index (χ0n) is 14.3. The lowest BCUT2D eigenvalue weighted by Gasteiger charge is -2.31. The fraction of sp³-hybridized carbons (Fsp3) is 0.421. The maximum absolute atomic E-state index is 12.2. The van der Waals surface area contributed by atoms with Crippen molar-refractivity contribution < 1.29 is 9.32 Å². The van der Waals surface area contributed by atoms with Gasteiger partial charge in [0.1, 0.15) is 11.6 Å². The summed E-state index contributed by atoms with van der Waals surface area (Å²) in [5.74, 6) is 1.68. The van der Waals surface area contributed by atoms with Crippen LogP contribution >= 0.6 is 0 Å².